The van der Waals surface area contributed by atoms with E-state index in [-0.39, 0.29) is 29.2 Å². The summed E-state index contributed by atoms with van der Waals surface area (Å²) in [5.74, 6) is 0.728. The van der Waals surface area contributed by atoms with Crippen LogP contribution in [0, 0.1) is 11.7 Å². The number of halogens is 1. The molecule has 1 fully saturated rings. The van der Waals surface area contributed by atoms with Gasteiger partial charge in [0.2, 0.25) is 5.78 Å². The van der Waals surface area contributed by atoms with Gasteiger partial charge in [-0.05, 0) is 54.7 Å². The van der Waals surface area contributed by atoms with Gasteiger partial charge >= 0.3 is 0 Å². The third-order valence-corrected chi connectivity index (χ3v) is 7.33. The van der Waals surface area contributed by atoms with Crippen LogP contribution in [-0.2, 0) is 12.3 Å². The highest BCUT2D eigenvalue weighted by atomic mass is 32.2. The van der Waals surface area contributed by atoms with E-state index >= 15 is 0 Å². The molecule has 1 saturated carbocycles. The summed E-state index contributed by atoms with van der Waals surface area (Å²) in [5.41, 5.74) is 1.76. The van der Waals surface area contributed by atoms with Crippen LogP contribution in [0.5, 0.6) is 0 Å². The summed E-state index contributed by atoms with van der Waals surface area (Å²) in [7, 11) is 0. The second-order valence-corrected chi connectivity index (χ2v) is 10.5. The first-order chi connectivity index (χ1) is 16.9. The number of nitrogens with zero attached hydrogens (tertiary/aromatic N) is 4. The van der Waals surface area contributed by atoms with Gasteiger partial charge in [0, 0.05) is 23.9 Å². The molecule has 182 valence electrons. The molecule has 0 atom stereocenters. The molecule has 4 aromatic rings. The molecule has 2 heterocycles. The fourth-order valence-corrected chi connectivity index (χ4v) is 5.54. The molecule has 9 heteroatoms. The summed E-state index contributed by atoms with van der Waals surface area (Å²) in [5, 5.41) is 12.9. The predicted octanol–water partition coefficient (Wildman–Crippen LogP) is 4.80. The molecular weight excluding hydrogens is 465 g/mol. The van der Waals surface area contributed by atoms with Gasteiger partial charge in [0.25, 0.3) is 11.5 Å². The molecule has 1 aliphatic rings. The highest BCUT2D eigenvalue weighted by Crippen LogP contribution is 2.26. The normalized spacial score (nSPS) is 14.4. The molecule has 1 aliphatic carbocycles. The van der Waals surface area contributed by atoms with Crippen molar-refractivity contribution >= 4 is 34.3 Å². The molecule has 2 aromatic heterocycles. The zero-order valence-corrected chi connectivity index (χ0v) is 20.6. The van der Waals surface area contributed by atoms with Gasteiger partial charge in [0.1, 0.15) is 5.82 Å². The van der Waals surface area contributed by atoms with Crippen molar-refractivity contribution in [2.24, 2.45) is 5.92 Å². The van der Waals surface area contributed by atoms with Crippen molar-refractivity contribution in [1.29, 1.82) is 0 Å². The van der Waals surface area contributed by atoms with Crippen molar-refractivity contribution in [3.8, 4) is 0 Å². The minimum Gasteiger partial charge on any atom is -0.349 e. The van der Waals surface area contributed by atoms with Gasteiger partial charge in [-0.1, -0.05) is 50.6 Å². The number of nitrogens with one attached hydrogen (secondary N) is 1. The Morgan fingerprint density at radius 3 is 2.71 bits per heavy atom. The molecule has 7 nitrogen and oxygen atoms in total. The third-order valence-electron chi connectivity index (χ3n) is 6.33. The average molecular weight is 494 g/mol. The van der Waals surface area contributed by atoms with Crippen LogP contribution in [0.15, 0.2) is 52.4 Å². The Morgan fingerprint density at radius 2 is 1.97 bits per heavy atom. The first kappa shape index (κ1) is 23.5. The molecule has 0 aliphatic heterocycles. The van der Waals surface area contributed by atoms with Crippen LogP contribution < -0.4 is 10.9 Å². The Kier molecular flexibility index (Phi) is 6.60. The van der Waals surface area contributed by atoms with Crippen molar-refractivity contribution in [3.05, 3.63) is 69.8 Å². The predicted molar refractivity (Wildman–Crippen MR) is 135 cm³/mol. The van der Waals surface area contributed by atoms with E-state index in [4.69, 9.17) is 0 Å². The van der Waals surface area contributed by atoms with Gasteiger partial charge in [-0.3, -0.25) is 18.6 Å². The van der Waals surface area contributed by atoms with Gasteiger partial charge in [0.05, 0.1) is 10.9 Å². The average Bonchev–Trinajstić information content (AvgIpc) is 3.50. The number of rotatable bonds is 7. The van der Waals surface area contributed by atoms with E-state index in [0.29, 0.717) is 39.7 Å². The number of hydrogen-bond donors (Lipinski definition) is 1. The SMILES string of the molecule is CC(C)Cn1c(=O)c2ccc(C(=O)NC3CCCC3)cc2n2c(SCc3cccc(F)c3)nnc12. The Labute approximate surface area is 206 Å². The van der Waals surface area contributed by atoms with E-state index in [1.54, 1.807) is 28.8 Å². The van der Waals surface area contributed by atoms with E-state index in [0.717, 1.165) is 31.2 Å². The zero-order chi connectivity index (χ0) is 24.5. The van der Waals surface area contributed by atoms with Crippen LogP contribution >= 0.6 is 11.8 Å². The van der Waals surface area contributed by atoms with E-state index in [1.807, 2.05) is 24.3 Å². The van der Waals surface area contributed by atoms with Gasteiger partial charge in [-0.25, -0.2) is 4.39 Å². The quantitative estimate of drug-likeness (QED) is 0.374. The van der Waals surface area contributed by atoms with E-state index in [1.165, 1.54) is 23.9 Å². The van der Waals surface area contributed by atoms with Crippen LogP contribution in [0.4, 0.5) is 4.39 Å². The molecule has 5 rings (SSSR count). The second-order valence-electron chi connectivity index (χ2n) is 9.53. The molecule has 0 bridgehead atoms. The highest BCUT2D eigenvalue weighted by Gasteiger charge is 2.21. The lowest BCUT2D eigenvalue weighted by molar-refractivity contribution is 0.0938. The minimum absolute atomic E-state index is 0.139. The lowest BCUT2D eigenvalue weighted by Crippen LogP contribution is -2.32. The molecule has 1 amide bonds. The molecule has 0 radical (unpaired) electrons. The maximum atomic E-state index is 13.7. The van der Waals surface area contributed by atoms with Gasteiger partial charge in [-0.15, -0.1) is 10.2 Å². The maximum Gasteiger partial charge on any atom is 0.262 e. The van der Waals surface area contributed by atoms with Crippen molar-refractivity contribution in [3.63, 3.8) is 0 Å². The summed E-state index contributed by atoms with van der Waals surface area (Å²) in [6.45, 7) is 4.58. The summed E-state index contributed by atoms with van der Waals surface area (Å²) in [4.78, 5) is 26.4. The first-order valence-corrected chi connectivity index (χ1v) is 13.0. The third kappa shape index (κ3) is 4.82. The van der Waals surface area contributed by atoms with Crippen molar-refractivity contribution in [2.75, 3.05) is 0 Å². The monoisotopic (exact) mass is 493 g/mol. The van der Waals surface area contributed by atoms with Gasteiger partial charge in [0.15, 0.2) is 5.16 Å². The smallest absolute Gasteiger partial charge is 0.262 e. The van der Waals surface area contributed by atoms with E-state index in [2.05, 4.69) is 15.5 Å². The van der Waals surface area contributed by atoms with Crippen LogP contribution in [0.1, 0.15) is 55.5 Å². The largest absolute Gasteiger partial charge is 0.349 e. The lowest BCUT2D eigenvalue weighted by atomic mass is 10.1. The fraction of sp³-hybridized carbons (Fsp3) is 0.385. The van der Waals surface area contributed by atoms with E-state index < -0.39 is 0 Å². The maximum absolute atomic E-state index is 13.7. The van der Waals surface area contributed by atoms with Crippen molar-refractivity contribution in [1.82, 2.24) is 24.5 Å². The van der Waals surface area contributed by atoms with Crippen LogP contribution in [0.25, 0.3) is 16.7 Å². The number of aromatic nitrogens is 4. The van der Waals surface area contributed by atoms with Crippen molar-refractivity contribution in [2.45, 2.75) is 63.0 Å². The molecule has 2 aromatic carbocycles. The summed E-state index contributed by atoms with van der Waals surface area (Å²) >= 11 is 1.41. The number of amides is 1. The Balaban J connectivity index is 1.60. The number of benzene rings is 2. The summed E-state index contributed by atoms with van der Waals surface area (Å²) in [6.07, 6.45) is 4.25. The van der Waals surface area contributed by atoms with Gasteiger partial charge < -0.3 is 5.32 Å². The molecule has 35 heavy (non-hydrogen) atoms. The van der Waals surface area contributed by atoms with Crippen LogP contribution in [-0.4, -0.2) is 31.1 Å². The fourth-order valence-electron chi connectivity index (χ4n) is 4.66. The first-order valence-electron chi connectivity index (χ1n) is 12.0. The topological polar surface area (TPSA) is 81.3 Å². The van der Waals surface area contributed by atoms with Gasteiger partial charge in [-0.2, -0.15) is 0 Å². The lowest BCUT2D eigenvalue weighted by Gasteiger charge is -2.15. The standard InChI is InChI=1S/C26H28FN5O2S/c1-16(2)14-31-24(34)21-11-10-18(23(33)28-20-8-3-4-9-20)13-22(21)32-25(31)29-30-26(32)35-15-17-6-5-7-19(27)12-17/h5-7,10-13,16,20H,3-4,8-9,14-15H2,1-2H3,(H,28,33). The number of hydrogen-bond acceptors (Lipinski definition) is 5. The Morgan fingerprint density at radius 1 is 1.17 bits per heavy atom. The summed E-state index contributed by atoms with van der Waals surface area (Å²) < 4.78 is 17.1. The Hall–Kier alpha value is -3.20. The van der Waals surface area contributed by atoms with Crippen LogP contribution in [0.2, 0.25) is 0 Å². The number of fused-ring (bicyclic) bond motifs is 3. The number of thioether (sulfide) groups is 1. The number of carbonyl (C=O) groups is 1. The number of carbonyl (C=O) groups excluding carboxylic acids is 1. The zero-order valence-electron chi connectivity index (χ0n) is 19.8. The highest BCUT2D eigenvalue weighted by molar-refractivity contribution is 7.98. The van der Waals surface area contributed by atoms with Crippen LogP contribution in [0.3, 0.4) is 0 Å². The Bertz CT molecular complexity index is 1460. The van der Waals surface area contributed by atoms with Crippen molar-refractivity contribution < 1.29 is 9.18 Å². The molecule has 0 spiro atoms. The minimum atomic E-state index is -0.289. The molecule has 1 N–H and O–H groups in total. The second kappa shape index (κ2) is 9.81. The van der Waals surface area contributed by atoms with E-state index in [9.17, 15) is 14.0 Å². The summed E-state index contributed by atoms with van der Waals surface area (Å²) in [6, 6.07) is 11.8. The molecule has 0 unspecified atom stereocenters. The molecular formula is C26H28FN5O2S. The molecule has 0 saturated heterocycles.